The fraction of sp³-hybridized carbons (Fsp3) is 0.356. The van der Waals surface area contributed by atoms with Crippen molar-refractivity contribution < 1.29 is 89.9 Å². The maximum Gasteiger partial charge on any atom is 0.428 e. The summed E-state index contributed by atoms with van der Waals surface area (Å²) in [6.07, 6.45) is 12.2. The summed E-state index contributed by atoms with van der Waals surface area (Å²) in [5.41, 5.74) is 0.465. The summed E-state index contributed by atoms with van der Waals surface area (Å²) in [6.45, 7) is 1.18. The molecule has 4 bridgehead atoms. The maximum atomic E-state index is 13.3. The van der Waals surface area contributed by atoms with Gasteiger partial charge in [-0.1, -0.05) is 179 Å². The lowest BCUT2D eigenvalue weighted by Crippen LogP contribution is -2.44. The van der Waals surface area contributed by atoms with Crippen LogP contribution in [0.1, 0.15) is 180 Å². The Morgan fingerprint density at radius 3 is 1.05 bits per heavy atom. The number of carbonyl (C=O) groups excluding carboxylic acids is 1. The molecule has 129 heavy (non-hydrogen) atoms. The van der Waals surface area contributed by atoms with Crippen molar-refractivity contribution >= 4 is 58.9 Å². The van der Waals surface area contributed by atoms with Crippen molar-refractivity contribution in [2.75, 3.05) is 21.3 Å². The van der Waals surface area contributed by atoms with E-state index < -0.39 is 61.0 Å². The molecule has 7 aliphatic carbocycles. The molecule has 7 atom stereocenters. The number of hydrogen-bond acceptors (Lipinski definition) is 12. The fourth-order valence-electron chi connectivity index (χ4n) is 19.9. The van der Waals surface area contributed by atoms with E-state index in [-0.39, 0.29) is 67.0 Å². The molecule has 11 aromatic rings. The predicted molar refractivity (Wildman–Crippen MR) is 487 cm³/mol. The standard InChI is InChI=1S/C24H36O3S.C21H21O3S.C18H14OS.C18H15S.C14H18F2O5S.C9H6F6/c25-28(26,27)24-22(19-12-6-2-7-13-19)16-21(18-10-4-1-5-11-18)17-23(24)20-14-8-3-9-15-20;1-22-16-7-4-10-19(13-16)25(20-11-5-8-17(14-20)23-2)21-12-6-9-18(15-21)24-3;19-15-11-13-18(14-12-15)20(16-7-3-1-4-8-16)17-9-5-2-6-10-17;1-4-10-16(11-5-1)19(17-12-6-2-7-13-17)18-14-8-3-9-15-18;15-14(16,22(18,19)20)13(17)21-10-5-8-4-9(10)12-7-2-1-6(3-7)11(8)12;1-5-2-6(8(10,11)12)4-7(3-5)9(13,14)15/h16-20H,1-15H2,(H,25,26,27);4-15H,1-3H3;1-14H;1-15H;6-12H,1-5H2,(H,18,19,20);2-4H,1H3/q;+1;;+1;;/p-1. The molecule has 11 aromatic carbocycles. The van der Waals surface area contributed by atoms with Crippen LogP contribution >= 0.6 is 0 Å². The van der Waals surface area contributed by atoms with Gasteiger partial charge in [-0.15, -0.1) is 0 Å². The third-order valence-electron chi connectivity index (χ3n) is 25.6. The number of rotatable bonds is 19. The average molecular weight is 1860 g/mol. The summed E-state index contributed by atoms with van der Waals surface area (Å²) in [5.74, 6) is 4.50. The molecule has 0 spiro atoms. The monoisotopic (exact) mass is 1860 g/mol. The smallest absolute Gasteiger partial charge is 0.428 e. The Balaban J connectivity index is 0.000000133. The first kappa shape index (κ1) is 96.9. The first-order valence-electron chi connectivity index (χ1n) is 44.0. The SMILES string of the molecule is COc1cccc([S+](c2cccc(OC)c2)c2cccc(OC)c2)c1.Cc1cc(C(F)(F)F)cc(C(F)(F)F)c1.O=C(OC1CC2CC1C1C3CCC(C3)C21)C(F)(F)S(=O)(=O)[O-].O=S(=O)([O-])c1c(C2CCCCC2)cc(C2CCCCC2)cc1C1CCCCC1.Oc1ccc([S+](c2ccccc2)c2ccccc2)cc1.c1ccc([S+](c2ccccc2)c2ccccc2)cc1. The Hall–Kier alpha value is -9.60. The van der Waals surface area contributed by atoms with Gasteiger partial charge in [-0.25, -0.2) is 21.6 Å². The first-order chi connectivity index (χ1) is 61.9. The summed E-state index contributed by atoms with van der Waals surface area (Å²) >= 11 is 0. The van der Waals surface area contributed by atoms with E-state index in [0.717, 1.165) is 98.5 Å². The first-order valence-corrected chi connectivity index (χ1v) is 50.5. The van der Waals surface area contributed by atoms with Gasteiger partial charge in [0, 0.05) is 18.2 Å². The van der Waals surface area contributed by atoms with Crippen molar-refractivity contribution in [2.45, 2.75) is 226 Å². The minimum absolute atomic E-state index is 0.0146. The van der Waals surface area contributed by atoms with Crippen LogP contribution in [0, 0.1) is 42.4 Å². The molecule has 7 aliphatic rings. The minimum atomic E-state index is -6.04. The van der Waals surface area contributed by atoms with E-state index in [9.17, 15) is 71.0 Å². The molecule has 7 saturated carbocycles. The van der Waals surface area contributed by atoms with E-state index in [4.69, 9.17) is 18.9 Å². The summed E-state index contributed by atoms with van der Waals surface area (Å²) in [5, 5.41) is 4.49. The minimum Gasteiger partial charge on any atom is -0.744 e. The number of methoxy groups -OCH3 is 3. The number of hydrogen-bond donors (Lipinski definition) is 1. The molecule has 0 heterocycles. The van der Waals surface area contributed by atoms with Gasteiger partial charge in [-0.2, -0.15) is 35.1 Å². The molecule has 0 aromatic heterocycles. The van der Waals surface area contributed by atoms with Crippen LogP contribution in [-0.4, -0.2) is 69.7 Å². The summed E-state index contributed by atoms with van der Waals surface area (Å²) in [7, 11) is -5.87. The number of aryl methyl sites for hydroxylation is 1. The predicted octanol–water partition coefficient (Wildman–Crippen LogP) is 26.6. The van der Waals surface area contributed by atoms with Gasteiger partial charge >= 0.3 is 23.6 Å². The largest absolute Gasteiger partial charge is 0.744 e. The van der Waals surface area contributed by atoms with Crippen molar-refractivity contribution in [1.29, 1.82) is 0 Å². The molecule has 0 amide bonds. The second-order valence-corrected chi connectivity index (χ2v) is 42.7. The molecular formula is C104H109F8O12S5+. The third kappa shape index (κ3) is 24.8. The Morgan fingerprint density at radius 2 is 0.705 bits per heavy atom. The van der Waals surface area contributed by atoms with Crippen LogP contribution in [0.3, 0.4) is 0 Å². The van der Waals surface area contributed by atoms with Crippen molar-refractivity contribution in [3.05, 3.63) is 312 Å². The van der Waals surface area contributed by atoms with Gasteiger partial charge in [0.25, 0.3) is 0 Å². The molecule has 0 aliphatic heterocycles. The van der Waals surface area contributed by atoms with Gasteiger partial charge in [0.15, 0.2) is 54.2 Å². The zero-order chi connectivity index (χ0) is 91.6. The van der Waals surface area contributed by atoms with Gasteiger partial charge in [-0.05, 0) is 293 Å². The van der Waals surface area contributed by atoms with Crippen LogP contribution in [0.25, 0.3) is 0 Å². The zero-order valence-electron chi connectivity index (χ0n) is 72.5. The van der Waals surface area contributed by atoms with E-state index >= 15 is 0 Å². The second-order valence-electron chi connectivity index (χ2n) is 33.9. The molecule has 7 fully saturated rings. The lowest BCUT2D eigenvalue weighted by Gasteiger charge is -2.38. The third-order valence-corrected chi connectivity index (χ3v) is 34.0. The highest BCUT2D eigenvalue weighted by Gasteiger charge is 2.64. The van der Waals surface area contributed by atoms with Gasteiger partial charge < -0.3 is 33.2 Å². The van der Waals surface area contributed by atoms with E-state index in [0.29, 0.717) is 53.9 Å². The molecule has 18 rings (SSSR count). The van der Waals surface area contributed by atoms with Crippen molar-refractivity contribution in [1.82, 2.24) is 0 Å². The summed E-state index contributed by atoms with van der Waals surface area (Å²) in [6, 6.07) is 91.0. The summed E-state index contributed by atoms with van der Waals surface area (Å²) in [4.78, 5) is 23.0. The van der Waals surface area contributed by atoms with Crippen molar-refractivity contribution in [3.63, 3.8) is 0 Å². The number of carbonyl (C=O) groups is 1. The van der Waals surface area contributed by atoms with Crippen LogP contribution in [0.4, 0.5) is 35.1 Å². The molecular weight excluding hydrogens is 1750 g/mol. The normalized spacial score (nSPS) is 19.8. The van der Waals surface area contributed by atoms with Crippen LogP contribution in [-0.2, 0) is 74.8 Å². The quantitative estimate of drug-likeness (QED) is 0.0266. The highest BCUT2D eigenvalue weighted by atomic mass is 32.2. The van der Waals surface area contributed by atoms with E-state index in [1.807, 2.05) is 60.7 Å². The molecule has 25 heteroatoms. The molecule has 0 saturated heterocycles. The lowest BCUT2D eigenvalue weighted by atomic mass is 9.70. The topological polar surface area (TPSA) is 189 Å². The molecule has 682 valence electrons. The highest BCUT2D eigenvalue weighted by Crippen LogP contribution is 2.68. The Kier molecular flexibility index (Phi) is 33.1. The van der Waals surface area contributed by atoms with Crippen molar-refractivity contribution in [2.24, 2.45) is 35.5 Å². The number of benzene rings is 11. The summed E-state index contributed by atoms with van der Waals surface area (Å²) < 4.78 is 190. The second kappa shape index (κ2) is 44.1. The Labute approximate surface area is 761 Å². The lowest BCUT2D eigenvalue weighted by molar-refractivity contribution is -0.172. The number of phenols is 1. The van der Waals surface area contributed by atoms with E-state index in [1.54, 1.807) is 33.5 Å². The Bertz CT molecular complexity index is 5370. The zero-order valence-corrected chi connectivity index (χ0v) is 76.6. The molecule has 1 N–H and O–H groups in total. The van der Waals surface area contributed by atoms with Gasteiger partial charge in [0.05, 0.1) is 70.0 Å². The van der Waals surface area contributed by atoms with Gasteiger partial charge in [0.2, 0.25) is 0 Å². The number of fused-ring (bicyclic) bond motifs is 9. The van der Waals surface area contributed by atoms with E-state index in [2.05, 4.69) is 188 Å². The Morgan fingerprint density at radius 1 is 0.372 bits per heavy atom. The average Bonchev–Trinajstić information content (AvgIpc) is 1.55. The molecule has 12 nitrogen and oxygen atoms in total. The number of aromatic hydroxyl groups is 1. The van der Waals surface area contributed by atoms with Gasteiger partial charge in [-0.3, -0.25) is 0 Å². The van der Waals surface area contributed by atoms with Crippen LogP contribution in [0.15, 0.2) is 328 Å². The fourth-order valence-corrected chi connectivity index (χ4v) is 27.6. The molecule has 7 unspecified atom stereocenters. The number of halogens is 8. The van der Waals surface area contributed by atoms with E-state index in [1.165, 1.54) is 114 Å². The van der Waals surface area contributed by atoms with Crippen LogP contribution in [0.2, 0.25) is 0 Å². The highest BCUT2D eigenvalue weighted by molar-refractivity contribution is 7.97. The van der Waals surface area contributed by atoms with Crippen LogP contribution in [0.5, 0.6) is 23.0 Å². The van der Waals surface area contributed by atoms with Crippen molar-refractivity contribution in [3.8, 4) is 23.0 Å². The maximum absolute atomic E-state index is 13.3. The number of phenolic OH excluding ortho intramolecular Hbond substituents is 1. The van der Waals surface area contributed by atoms with Crippen LogP contribution < -0.4 is 14.2 Å². The number of esters is 1. The number of ether oxygens (including phenoxy) is 4. The molecule has 0 radical (unpaired) electrons. The number of alkyl halides is 8. The van der Waals surface area contributed by atoms with Gasteiger partial charge in [0.1, 0.15) is 39.2 Å².